The van der Waals surface area contributed by atoms with Gasteiger partial charge in [0, 0.05) is 10.4 Å². The van der Waals surface area contributed by atoms with E-state index in [0.717, 1.165) is 17.1 Å². The normalized spacial score (nSPS) is 10.4. The zero-order chi connectivity index (χ0) is 15.2. The third-order valence-electron chi connectivity index (χ3n) is 2.69. The maximum atomic E-state index is 12.1. The van der Waals surface area contributed by atoms with Gasteiger partial charge in [-0.15, -0.1) is 11.3 Å². The number of aryl methyl sites for hydroxylation is 1. The molecule has 2 aromatic rings. The highest BCUT2D eigenvalue weighted by atomic mass is 35.5. The molecule has 0 unspecified atom stereocenters. The molecule has 0 aliphatic carbocycles. The lowest BCUT2D eigenvalue weighted by molar-refractivity contribution is -0.115. The number of rotatable bonds is 6. The molecule has 1 aromatic carbocycles. The van der Waals surface area contributed by atoms with Gasteiger partial charge in [-0.05, 0) is 31.5 Å². The topological polar surface area (TPSA) is 51.2 Å². The van der Waals surface area contributed by atoms with Crippen molar-refractivity contribution in [3.8, 4) is 5.75 Å². The quantitative estimate of drug-likeness (QED) is 0.871. The van der Waals surface area contributed by atoms with E-state index < -0.39 is 0 Å². The van der Waals surface area contributed by atoms with Crippen LogP contribution < -0.4 is 10.1 Å². The van der Waals surface area contributed by atoms with Crippen molar-refractivity contribution in [3.63, 3.8) is 0 Å². The van der Waals surface area contributed by atoms with Crippen LogP contribution in [-0.2, 0) is 11.2 Å². The number of aromatic nitrogens is 1. The fourth-order valence-corrected chi connectivity index (χ4v) is 2.57. The summed E-state index contributed by atoms with van der Waals surface area (Å²) in [7, 11) is 0. The van der Waals surface area contributed by atoms with Crippen LogP contribution in [0.5, 0.6) is 5.75 Å². The van der Waals surface area contributed by atoms with E-state index in [9.17, 15) is 4.79 Å². The van der Waals surface area contributed by atoms with Crippen LogP contribution in [0.4, 0.5) is 5.69 Å². The van der Waals surface area contributed by atoms with E-state index in [1.165, 1.54) is 11.3 Å². The van der Waals surface area contributed by atoms with E-state index in [1.807, 2.05) is 19.2 Å². The van der Waals surface area contributed by atoms with E-state index in [0.29, 0.717) is 23.1 Å². The Morgan fingerprint density at radius 2 is 2.29 bits per heavy atom. The Morgan fingerprint density at radius 1 is 1.48 bits per heavy atom. The highest BCUT2D eigenvalue weighted by Gasteiger charge is 2.11. The molecule has 1 aromatic heterocycles. The first-order valence-corrected chi connectivity index (χ1v) is 7.97. The number of halogens is 1. The van der Waals surface area contributed by atoms with Crippen molar-refractivity contribution in [2.45, 2.75) is 26.7 Å². The number of benzene rings is 1. The maximum Gasteiger partial charge on any atom is 0.230 e. The van der Waals surface area contributed by atoms with E-state index in [4.69, 9.17) is 16.3 Å². The largest absolute Gasteiger partial charge is 0.491 e. The lowest BCUT2D eigenvalue weighted by atomic mass is 10.2. The minimum Gasteiger partial charge on any atom is -0.491 e. The molecule has 4 nitrogen and oxygen atoms in total. The third kappa shape index (κ3) is 4.72. The van der Waals surface area contributed by atoms with Gasteiger partial charge in [-0.2, -0.15) is 0 Å². The smallest absolute Gasteiger partial charge is 0.230 e. The summed E-state index contributed by atoms with van der Waals surface area (Å²) in [6.07, 6.45) is 1.14. The number of carbonyl (C=O) groups excluding carboxylic acids is 1. The van der Waals surface area contributed by atoms with Crippen molar-refractivity contribution in [2.24, 2.45) is 0 Å². The first-order chi connectivity index (χ1) is 10.1. The Balaban J connectivity index is 2.06. The highest BCUT2D eigenvalue weighted by molar-refractivity contribution is 7.09. The predicted molar refractivity (Wildman–Crippen MR) is 86.4 cm³/mol. The monoisotopic (exact) mass is 324 g/mol. The van der Waals surface area contributed by atoms with E-state index in [1.54, 1.807) is 18.2 Å². The molecule has 0 bridgehead atoms. The Hall–Kier alpha value is -1.59. The molecule has 0 radical (unpaired) electrons. The number of thiazole rings is 1. The summed E-state index contributed by atoms with van der Waals surface area (Å²) >= 11 is 7.51. The van der Waals surface area contributed by atoms with Crippen molar-refractivity contribution in [1.82, 2.24) is 4.98 Å². The van der Waals surface area contributed by atoms with Crippen molar-refractivity contribution in [1.29, 1.82) is 0 Å². The molecule has 0 fully saturated rings. The van der Waals surface area contributed by atoms with Gasteiger partial charge in [-0.25, -0.2) is 4.98 Å². The third-order valence-corrected chi connectivity index (χ3v) is 3.74. The molecule has 0 spiro atoms. The number of nitrogens with one attached hydrogen (secondary N) is 1. The molecule has 112 valence electrons. The molecule has 21 heavy (non-hydrogen) atoms. The van der Waals surface area contributed by atoms with Gasteiger partial charge in [0.25, 0.3) is 0 Å². The number of hydrogen-bond acceptors (Lipinski definition) is 4. The lowest BCUT2D eigenvalue weighted by Gasteiger charge is -2.12. The van der Waals surface area contributed by atoms with Gasteiger partial charge in [0.2, 0.25) is 5.91 Å². The van der Waals surface area contributed by atoms with Crippen LogP contribution in [0, 0.1) is 6.92 Å². The molecule has 1 N–H and O–H groups in total. The van der Waals surface area contributed by atoms with Crippen molar-refractivity contribution >= 4 is 34.5 Å². The lowest BCUT2D eigenvalue weighted by Crippen LogP contribution is -2.15. The number of carbonyl (C=O) groups is 1. The van der Waals surface area contributed by atoms with Crippen molar-refractivity contribution < 1.29 is 9.53 Å². The molecular weight excluding hydrogens is 308 g/mol. The fraction of sp³-hybridized carbons (Fsp3) is 0.333. The number of nitrogens with zero attached hydrogens (tertiary/aromatic N) is 1. The zero-order valence-corrected chi connectivity index (χ0v) is 13.6. The zero-order valence-electron chi connectivity index (χ0n) is 12.0. The molecule has 0 saturated carbocycles. The second-order valence-electron chi connectivity index (χ2n) is 4.57. The van der Waals surface area contributed by atoms with Crippen LogP contribution in [0.2, 0.25) is 5.02 Å². The van der Waals surface area contributed by atoms with Gasteiger partial charge in [0.15, 0.2) is 0 Å². The molecule has 0 aliphatic heterocycles. The van der Waals surface area contributed by atoms with Crippen LogP contribution in [0.15, 0.2) is 23.6 Å². The van der Waals surface area contributed by atoms with E-state index in [2.05, 4.69) is 10.3 Å². The Bertz CT molecular complexity index is 628. The minimum atomic E-state index is -0.135. The number of amides is 1. The summed E-state index contributed by atoms with van der Waals surface area (Å²) < 4.78 is 5.61. The SMILES string of the molecule is CCCOc1ccc(Cl)cc1NC(=O)Cc1csc(C)n1. The van der Waals surface area contributed by atoms with Crippen LogP contribution >= 0.6 is 22.9 Å². The predicted octanol–water partition coefficient (Wildman–Crippen LogP) is 4.07. The van der Waals surface area contributed by atoms with Gasteiger partial charge in [0.05, 0.1) is 29.4 Å². The minimum absolute atomic E-state index is 0.135. The molecule has 2 rings (SSSR count). The van der Waals surface area contributed by atoms with Gasteiger partial charge < -0.3 is 10.1 Å². The molecule has 1 amide bonds. The Labute approximate surface area is 133 Å². The summed E-state index contributed by atoms with van der Waals surface area (Å²) in [5.41, 5.74) is 1.36. The van der Waals surface area contributed by atoms with Crippen LogP contribution in [0.1, 0.15) is 24.0 Å². The molecule has 0 atom stereocenters. The number of anilines is 1. The molecular formula is C15H17ClN2O2S. The summed E-state index contributed by atoms with van der Waals surface area (Å²) in [5, 5.41) is 6.23. The summed E-state index contributed by atoms with van der Waals surface area (Å²) in [4.78, 5) is 16.4. The first-order valence-electron chi connectivity index (χ1n) is 6.71. The first kappa shape index (κ1) is 15.8. The van der Waals surface area contributed by atoms with Gasteiger partial charge in [-0.3, -0.25) is 4.79 Å². The van der Waals surface area contributed by atoms with Crippen molar-refractivity contribution in [2.75, 3.05) is 11.9 Å². The molecule has 6 heteroatoms. The van der Waals surface area contributed by atoms with Crippen LogP contribution in [0.3, 0.4) is 0 Å². The van der Waals surface area contributed by atoms with Gasteiger partial charge >= 0.3 is 0 Å². The highest BCUT2D eigenvalue weighted by Crippen LogP contribution is 2.28. The second-order valence-corrected chi connectivity index (χ2v) is 6.07. The number of ether oxygens (including phenoxy) is 1. The molecule has 1 heterocycles. The Morgan fingerprint density at radius 3 is 2.95 bits per heavy atom. The Kier molecular flexibility index (Phi) is 5.59. The van der Waals surface area contributed by atoms with E-state index >= 15 is 0 Å². The van der Waals surface area contributed by atoms with Gasteiger partial charge in [-0.1, -0.05) is 18.5 Å². The average Bonchev–Trinajstić information content (AvgIpc) is 2.83. The fourth-order valence-electron chi connectivity index (χ4n) is 1.79. The summed E-state index contributed by atoms with van der Waals surface area (Å²) in [5.74, 6) is 0.493. The standard InChI is InChI=1S/C15H17ClN2O2S/c1-3-6-20-14-5-4-11(16)7-13(14)18-15(19)8-12-9-21-10(2)17-12/h4-5,7,9H,3,6,8H2,1-2H3,(H,18,19). The summed E-state index contributed by atoms with van der Waals surface area (Å²) in [6.45, 7) is 4.54. The number of hydrogen-bond donors (Lipinski definition) is 1. The van der Waals surface area contributed by atoms with E-state index in [-0.39, 0.29) is 12.3 Å². The van der Waals surface area contributed by atoms with Crippen molar-refractivity contribution in [3.05, 3.63) is 39.3 Å². The summed E-state index contributed by atoms with van der Waals surface area (Å²) in [6, 6.07) is 5.20. The van der Waals surface area contributed by atoms with Crippen LogP contribution in [-0.4, -0.2) is 17.5 Å². The second kappa shape index (κ2) is 7.43. The molecule has 0 aliphatic rings. The average molecular weight is 325 g/mol. The van der Waals surface area contributed by atoms with Crippen LogP contribution in [0.25, 0.3) is 0 Å². The van der Waals surface area contributed by atoms with Gasteiger partial charge in [0.1, 0.15) is 5.75 Å². The molecule has 0 saturated heterocycles. The maximum absolute atomic E-state index is 12.1.